The number of carbonyl (C=O) groups excluding carboxylic acids is 1. The van der Waals surface area contributed by atoms with Crippen LogP contribution in [0.1, 0.15) is 37.7 Å². The number of unbranched alkanes of at least 4 members (excludes halogenated alkanes) is 3. The average Bonchev–Trinajstić information content (AvgIpc) is 2.39. The highest BCUT2D eigenvalue weighted by Crippen LogP contribution is 2.09. The van der Waals surface area contributed by atoms with Crippen LogP contribution in [0.25, 0.3) is 6.08 Å². The van der Waals surface area contributed by atoms with Crippen molar-refractivity contribution in [1.82, 2.24) is 0 Å². The summed E-state index contributed by atoms with van der Waals surface area (Å²) in [6.45, 7) is 0. The zero-order chi connectivity index (χ0) is 13.2. The highest BCUT2D eigenvalue weighted by Gasteiger charge is 1.98. The van der Waals surface area contributed by atoms with Gasteiger partial charge in [-0.05, 0) is 37.0 Å². The molecule has 1 aromatic rings. The lowest BCUT2D eigenvalue weighted by molar-refractivity contribution is -0.140. The summed E-state index contributed by atoms with van der Waals surface area (Å²) < 4.78 is 4.58. The van der Waals surface area contributed by atoms with Crippen LogP contribution in [0.4, 0.5) is 5.69 Å². The Labute approximate surface area is 109 Å². The molecular formula is C15H21NO2. The first kappa shape index (κ1) is 14.3. The molecule has 0 saturated heterocycles. The lowest BCUT2D eigenvalue weighted by Crippen LogP contribution is -1.98. The second-order valence-corrected chi connectivity index (χ2v) is 4.24. The molecule has 0 saturated carbocycles. The van der Waals surface area contributed by atoms with Crippen molar-refractivity contribution in [2.75, 3.05) is 12.8 Å². The van der Waals surface area contributed by atoms with Crippen LogP contribution in [0.15, 0.2) is 30.3 Å². The third-order valence-electron chi connectivity index (χ3n) is 2.73. The van der Waals surface area contributed by atoms with E-state index < -0.39 is 0 Å². The van der Waals surface area contributed by atoms with E-state index >= 15 is 0 Å². The summed E-state index contributed by atoms with van der Waals surface area (Å²) in [5.41, 5.74) is 7.56. The third-order valence-corrected chi connectivity index (χ3v) is 2.73. The highest BCUT2D eigenvalue weighted by atomic mass is 16.5. The van der Waals surface area contributed by atoms with E-state index in [0.717, 1.165) is 31.4 Å². The Kier molecular flexibility index (Phi) is 6.62. The molecule has 0 aromatic heterocycles. The number of allylic oxidation sites excluding steroid dienone is 1. The highest BCUT2D eigenvalue weighted by molar-refractivity contribution is 5.68. The van der Waals surface area contributed by atoms with Crippen LogP contribution in [0.2, 0.25) is 0 Å². The Hall–Kier alpha value is -1.77. The number of hydrogen-bond acceptors (Lipinski definition) is 3. The molecule has 0 atom stereocenters. The summed E-state index contributed by atoms with van der Waals surface area (Å²) in [6.07, 6.45) is 8.87. The molecule has 0 bridgehead atoms. The van der Waals surface area contributed by atoms with E-state index in [1.165, 1.54) is 12.7 Å². The molecule has 0 heterocycles. The summed E-state index contributed by atoms with van der Waals surface area (Å²) in [5.74, 6) is -0.118. The number of benzene rings is 1. The maximum absolute atomic E-state index is 10.9. The predicted molar refractivity (Wildman–Crippen MR) is 75.0 cm³/mol. The van der Waals surface area contributed by atoms with Crippen molar-refractivity contribution in [3.05, 3.63) is 35.9 Å². The van der Waals surface area contributed by atoms with Crippen LogP contribution in [0.3, 0.4) is 0 Å². The molecule has 0 aliphatic carbocycles. The summed E-state index contributed by atoms with van der Waals surface area (Å²) >= 11 is 0. The van der Waals surface area contributed by atoms with Crippen molar-refractivity contribution in [1.29, 1.82) is 0 Å². The monoisotopic (exact) mass is 247 g/mol. The molecule has 0 spiro atoms. The number of rotatable bonds is 7. The Morgan fingerprint density at radius 3 is 2.61 bits per heavy atom. The van der Waals surface area contributed by atoms with Crippen LogP contribution in [0.5, 0.6) is 0 Å². The zero-order valence-electron chi connectivity index (χ0n) is 10.9. The van der Waals surface area contributed by atoms with E-state index in [4.69, 9.17) is 5.73 Å². The molecule has 3 heteroatoms. The van der Waals surface area contributed by atoms with Gasteiger partial charge in [-0.3, -0.25) is 4.79 Å². The molecule has 0 amide bonds. The fourth-order valence-corrected chi connectivity index (χ4v) is 1.64. The second kappa shape index (κ2) is 8.34. The van der Waals surface area contributed by atoms with Gasteiger partial charge in [-0.15, -0.1) is 0 Å². The minimum absolute atomic E-state index is 0.118. The minimum atomic E-state index is -0.118. The van der Waals surface area contributed by atoms with E-state index in [0.29, 0.717) is 6.42 Å². The normalized spacial score (nSPS) is 10.7. The van der Waals surface area contributed by atoms with Gasteiger partial charge in [0, 0.05) is 12.1 Å². The Balaban J connectivity index is 2.10. The molecule has 0 fully saturated rings. The first-order valence-electron chi connectivity index (χ1n) is 6.31. The first-order chi connectivity index (χ1) is 8.72. The molecule has 0 unspecified atom stereocenters. The fourth-order valence-electron chi connectivity index (χ4n) is 1.64. The summed E-state index contributed by atoms with van der Waals surface area (Å²) in [7, 11) is 1.43. The average molecular weight is 247 g/mol. The van der Waals surface area contributed by atoms with Crippen molar-refractivity contribution >= 4 is 17.7 Å². The van der Waals surface area contributed by atoms with Crippen LogP contribution < -0.4 is 5.73 Å². The Bertz CT molecular complexity index is 382. The van der Waals surface area contributed by atoms with Crippen LogP contribution >= 0.6 is 0 Å². The molecular weight excluding hydrogens is 226 g/mol. The van der Waals surface area contributed by atoms with Gasteiger partial charge >= 0.3 is 5.97 Å². The van der Waals surface area contributed by atoms with Gasteiger partial charge in [0.15, 0.2) is 0 Å². The lowest BCUT2D eigenvalue weighted by atomic mass is 10.1. The smallest absolute Gasteiger partial charge is 0.305 e. The number of ether oxygens (including phenoxy) is 1. The van der Waals surface area contributed by atoms with E-state index in [1.807, 2.05) is 24.3 Å². The predicted octanol–water partition coefficient (Wildman–Crippen LogP) is 3.41. The van der Waals surface area contributed by atoms with Crippen LogP contribution in [0, 0.1) is 0 Å². The molecule has 1 aromatic carbocycles. The molecule has 0 aliphatic heterocycles. The molecule has 18 heavy (non-hydrogen) atoms. The summed E-state index contributed by atoms with van der Waals surface area (Å²) in [6, 6.07) is 7.80. The number of methoxy groups -OCH3 is 1. The fraction of sp³-hybridized carbons (Fsp3) is 0.400. The van der Waals surface area contributed by atoms with E-state index in [2.05, 4.69) is 16.9 Å². The quantitative estimate of drug-likeness (QED) is 0.456. The molecule has 2 N–H and O–H groups in total. The summed E-state index contributed by atoms with van der Waals surface area (Å²) in [4.78, 5) is 10.9. The van der Waals surface area contributed by atoms with Gasteiger partial charge in [0.1, 0.15) is 0 Å². The Morgan fingerprint density at radius 1 is 1.22 bits per heavy atom. The van der Waals surface area contributed by atoms with Gasteiger partial charge in [-0.1, -0.05) is 30.7 Å². The molecule has 0 radical (unpaired) electrons. The van der Waals surface area contributed by atoms with Crippen LogP contribution in [-0.4, -0.2) is 13.1 Å². The summed E-state index contributed by atoms with van der Waals surface area (Å²) in [5, 5.41) is 0. The van der Waals surface area contributed by atoms with Crippen molar-refractivity contribution in [3.63, 3.8) is 0 Å². The van der Waals surface area contributed by atoms with Crippen molar-refractivity contribution < 1.29 is 9.53 Å². The van der Waals surface area contributed by atoms with Crippen LogP contribution in [-0.2, 0) is 9.53 Å². The van der Waals surface area contributed by atoms with Gasteiger partial charge in [0.25, 0.3) is 0 Å². The van der Waals surface area contributed by atoms with E-state index in [9.17, 15) is 4.79 Å². The maximum Gasteiger partial charge on any atom is 0.305 e. The van der Waals surface area contributed by atoms with E-state index in [1.54, 1.807) is 0 Å². The topological polar surface area (TPSA) is 52.3 Å². The molecule has 1 rings (SSSR count). The first-order valence-corrected chi connectivity index (χ1v) is 6.31. The molecule has 98 valence electrons. The number of esters is 1. The second-order valence-electron chi connectivity index (χ2n) is 4.24. The molecule has 0 aliphatic rings. The van der Waals surface area contributed by atoms with E-state index in [-0.39, 0.29) is 5.97 Å². The van der Waals surface area contributed by atoms with Crippen molar-refractivity contribution in [3.8, 4) is 0 Å². The number of nitrogen functional groups attached to an aromatic ring is 1. The van der Waals surface area contributed by atoms with Crippen molar-refractivity contribution in [2.45, 2.75) is 32.1 Å². The standard InChI is InChI=1S/C15H21NO2/c1-18-15(17)8-6-4-2-3-5-7-13-9-11-14(16)12-10-13/h5,7,9-12H,2-4,6,8,16H2,1H3. The SMILES string of the molecule is COC(=O)CCCCCC=Cc1ccc(N)cc1. The zero-order valence-corrected chi connectivity index (χ0v) is 10.9. The number of nitrogens with two attached hydrogens (primary N) is 1. The van der Waals surface area contributed by atoms with Gasteiger partial charge in [-0.2, -0.15) is 0 Å². The number of carbonyl (C=O) groups is 1. The maximum atomic E-state index is 10.9. The Morgan fingerprint density at radius 2 is 1.94 bits per heavy atom. The lowest BCUT2D eigenvalue weighted by Gasteiger charge is -1.98. The van der Waals surface area contributed by atoms with Gasteiger partial charge in [0.05, 0.1) is 7.11 Å². The minimum Gasteiger partial charge on any atom is -0.469 e. The largest absolute Gasteiger partial charge is 0.469 e. The van der Waals surface area contributed by atoms with Gasteiger partial charge in [-0.25, -0.2) is 0 Å². The number of hydrogen-bond donors (Lipinski definition) is 1. The molecule has 3 nitrogen and oxygen atoms in total. The van der Waals surface area contributed by atoms with Gasteiger partial charge in [0.2, 0.25) is 0 Å². The van der Waals surface area contributed by atoms with Gasteiger partial charge < -0.3 is 10.5 Å². The van der Waals surface area contributed by atoms with Crippen molar-refractivity contribution in [2.24, 2.45) is 0 Å². The number of anilines is 1. The third kappa shape index (κ3) is 6.09.